The highest BCUT2D eigenvalue weighted by atomic mass is 16.5. The van der Waals surface area contributed by atoms with Crippen molar-refractivity contribution >= 4 is 11.9 Å². The number of nitrogens with zero attached hydrogens (tertiary/aromatic N) is 1. The molecule has 0 spiro atoms. The van der Waals surface area contributed by atoms with Gasteiger partial charge in [0.15, 0.2) is 0 Å². The van der Waals surface area contributed by atoms with Gasteiger partial charge in [0.25, 0.3) is 0 Å². The van der Waals surface area contributed by atoms with E-state index in [1.165, 1.54) is 0 Å². The maximum atomic E-state index is 11.1. The van der Waals surface area contributed by atoms with Crippen LogP contribution < -0.4 is 5.32 Å². The molecule has 0 unspecified atom stereocenters. The van der Waals surface area contributed by atoms with Crippen molar-refractivity contribution in [3.05, 3.63) is 17.3 Å². The minimum absolute atomic E-state index is 0.0757. The highest BCUT2D eigenvalue weighted by Gasteiger charge is 2.15. The van der Waals surface area contributed by atoms with Crippen LogP contribution in [0.3, 0.4) is 0 Å². The second-order valence-electron chi connectivity index (χ2n) is 3.15. The molecule has 0 aliphatic carbocycles. The summed E-state index contributed by atoms with van der Waals surface area (Å²) in [5.74, 6) is -0.633. The van der Waals surface area contributed by atoms with Crippen LogP contribution in [0.4, 0.5) is 0 Å². The summed E-state index contributed by atoms with van der Waals surface area (Å²) in [4.78, 5) is 26.1. The number of hydrogen-bond acceptors (Lipinski definition) is 5. The van der Waals surface area contributed by atoms with Gasteiger partial charge in [-0.2, -0.15) is 0 Å². The molecule has 0 radical (unpaired) electrons. The Bertz CT molecular complexity index is 378. The molecule has 0 saturated heterocycles. The molecule has 1 heterocycles. The molecule has 1 aromatic heterocycles. The van der Waals surface area contributed by atoms with Gasteiger partial charge >= 0.3 is 11.9 Å². The molecule has 1 aromatic rings. The van der Waals surface area contributed by atoms with Crippen LogP contribution in [-0.4, -0.2) is 23.5 Å². The SMILES string of the molecule is CCOC(=O)C(=O)NCc1nc(C)c(C)o1. The van der Waals surface area contributed by atoms with Crippen molar-refractivity contribution < 1.29 is 18.7 Å². The first-order chi connectivity index (χ1) is 7.54. The molecule has 1 rings (SSSR count). The van der Waals surface area contributed by atoms with Crippen LogP contribution in [0.1, 0.15) is 24.3 Å². The van der Waals surface area contributed by atoms with Crippen molar-refractivity contribution in [2.75, 3.05) is 6.61 Å². The van der Waals surface area contributed by atoms with Crippen molar-refractivity contribution in [2.24, 2.45) is 0 Å². The van der Waals surface area contributed by atoms with E-state index < -0.39 is 11.9 Å². The quantitative estimate of drug-likeness (QED) is 0.598. The van der Waals surface area contributed by atoms with E-state index in [9.17, 15) is 9.59 Å². The summed E-state index contributed by atoms with van der Waals surface area (Å²) < 4.78 is 9.75. The van der Waals surface area contributed by atoms with Crippen LogP contribution in [-0.2, 0) is 20.9 Å². The van der Waals surface area contributed by atoms with E-state index in [4.69, 9.17) is 4.42 Å². The van der Waals surface area contributed by atoms with E-state index >= 15 is 0 Å². The number of esters is 1. The average molecular weight is 226 g/mol. The zero-order valence-corrected chi connectivity index (χ0v) is 9.49. The average Bonchev–Trinajstić information content (AvgIpc) is 2.55. The lowest BCUT2D eigenvalue weighted by Gasteiger charge is -2.01. The van der Waals surface area contributed by atoms with Gasteiger partial charge in [0.2, 0.25) is 5.89 Å². The van der Waals surface area contributed by atoms with Gasteiger partial charge in [-0.3, -0.25) is 4.79 Å². The summed E-state index contributed by atoms with van der Waals surface area (Å²) >= 11 is 0. The fourth-order valence-electron chi connectivity index (χ4n) is 1.04. The second-order valence-corrected chi connectivity index (χ2v) is 3.15. The molecule has 0 aromatic carbocycles. The number of nitrogens with one attached hydrogen (secondary N) is 1. The zero-order chi connectivity index (χ0) is 12.1. The monoisotopic (exact) mass is 226 g/mol. The van der Waals surface area contributed by atoms with Crippen LogP contribution in [0.25, 0.3) is 0 Å². The molecule has 0 fully saturated rings. The number of aryl methyl sites for hydroxylation is 2. The number of oxazole rings is 1. The predicted molar refractivity (Wildman–Crippen MR) is 54.5 cm³/mol. The molecule has 6 nitrogen and oxygen atoms in total. The molecule has 16 heavy (non-hydrogen) atoms. The molecule has 1 N–H and O–H groups in total. The molecule has 88 valence electrons. The topological polar surface area (TPSA) is 81.4 Å². The van der Waals surface area contributed by atoms with Gasteiger partial charge in [0.05, 0.1) is 18.8 Å². The van der Waals surface area contributed by atoms with Crippen molar-refractivity contribution in [1.82, 2.24) is 10.3 Å². The summed E-state index contributed by atoms with van der Waals surface area (Å²) in [5.41, 5.74) is 0.764. The molecule has 0 aliphatic heterocycles. The molecule has 0 aliphatic rings. The van der Waals surface area contributed by atoms with E-state index in [-0.39, 0.29) is 13.2 Å². The Balaban J connectivity index is 2.45. The summed E-state index contributed by atoms with van der Waals surface area (Å²) in [6.45, 7) is 5.45. The predicted octanol–water partition coefficient (Wildman–Crippen LogP) is 0.471. The Morgan fingerprint density at radius 3 is 2.62 bits per heavy atom. The standard InChI is InChI=1S/C10H14N2O4/c1-4-15-10(14)9(13)11-5-8-12-6(2)7(3)16-8/h4-5H2,1-3H3,(H,11,13). The highest BCUT2D eigenvalue weighted by Crippen LogP contribution is 2.07. The number of hydrogen-bond donors (Lipinski definition) is 1. The number of carbonyl (C=O) groups excluding carboxylic acids is 2. The number of rotatable bonds is 3. The maximum absolute atomic E-state index is 11.1. The molecule has 0 bridgehead atoms. The number of carbonyl (C=O) groups is 2. The first-order valence-electron chi connectivity index (χ1n) is 4.92. The van der Waals surface area contributed by atoms with Crippen molar-refractivity contribution in [1.29, 1.82) is 0 Å². The zero-order valence-electron chi connectivity index (χ0n) is 9.49. The van der Waals surface area contributed by atoms with Crippen LogP contribution >= 0.6 is 0 Å². The van der Waals surface area contributed by atoms with Gasteiger partial charge in [-0.15, -0.1) is 0 Å². The van der Waals surface area contributed by atoms with E-state index in [2.05, 4.69) is 15.0 Å². The third-order valence-electron chi connectivity index (χ3n) is 1.93. The van der Waals surface area contributed by atoms with Gasteiger partial charge < -0.3 is 14.5 Å². The number of ether oxygens (including phenoxy) is 1. The minimum atomic E-state index is -0.900. The van der Waals surface area contributed by atoms with Crippen molar-refractivity contribution in [3.8, 4) is 0 Å². The van der Waals surface area contributed by atoms with E-state index in [0.717, 1.165) is 5.69 Å². The Kier molecular flexibility index (Phi) is 4.04. The van der Waals surface area contributed by atoms with Crippen LogP contribution in [0.5, 0.6) is 0 Å². The van der Waals surface area contributed by atoms with Crippen LogP contribution in [0.2, 0.25) is 0 Å². The molecule has 1 amide bonds. The second kappa shape index (κ2) is 5.29. The lowest BCUT2D eigenvalue weighted by molar-refractivity contribution is -0.154. The summed E-state index contributed by atoms with van der Waals surface area (Å²) in [5, 5.41) is 2.35. The number of amides is 1. The van der Waals surface area contributed by atoms with Gasteiger partial charge in [0, 0.05) is 0 Å². The number of aromatic nitrogens is 1. The third kappa shape index (κ3) is 3.08. The highest BCUT2D eigenvalue weighted by molar-refractivity contribution is 6.32. The van der Waals surface area contributed by atoms with E-state index in [0.29, 0.717) is 11.7 Å². The molecule has 0 saturated carbocycles. The summed E-state index contributed by atoms with van der Waals surface area (Å²) in [6.07, 6.45) is 0. The smallest absolute Gasteiger partial charge is 0.396 e. The van der Waals surface area contributed by atoms with Crippen LogP contribution in [0.15, 0.2) is 4.42 Å². The van der Waals surface area contributed by atoms with Crippen molar-refractivity contribution in [2.45, 2.75) is 27.3 Å². The largest absolute Gasteiger partial charge is 0.459 e. The van der Waals surface area contributed by atoms with Crippen LogP contribution in [0, 0.1) is 13.8 Å². The molecular weight excluding hydrogens is 212 g/mol. The Morgan fingerprint density at radius 2 is 2.12 bits per heavy atom. The normalized spacial score (nSPS) is 9.94. The molecular formula is C10H14N2O4. The summed E-state index contributed by atoms with van der Waals surface area (Å²) in [6, 6.07) is 0. The first kappa shape index (κ1) is 12.2. The van der Waals surface area contributed by atoms with Gasteiger partial charge in [-0.1, -0.05) is 0 Å². The summed E-state index contributed by atoms with van der Waals surface area (Å²) in [7, 11) is 0. The lowest BCUT2D eigenvalue weighted by atomic mass is 10.4. The Labute approximate surface area is 93.0 Å². The maximum Gasteiger partial charge on any atom is 0.396 e. The van der Waals surface area contributed by atoms with Crippen molar-refractivity contribution in [3.63, 3.8) is 0 Å². The van der Waals surface area contributed by atoms with Gasteiger partial charge in [-0.25, -0.2) is 9.78 Å². The van der Waals surface area contributed by atoms with Gasteiger partial charge in [-0.05, 0) is 20.8 Å². The minimum Gasteiger partial charge on any atom is -0.459 e. The fraction of sp³-hybridized carbons (Fsp3) is 0.500. The fourth-order valence-corrected chi connectivity index (χ4v) is 1.04. The molecule has 0 atom stereocenters. The third-order valence-corrected chi connectivity index (χ3v) is 1.93. The van der Waals surface area contributed by atoms with E-state index in [1.54, 1.807) is 20.8 Å². The van der Waals surface area contributed by atoms with E-state index in [1.807, 2.05) is 0 Å². The Hall–Kier alpha value is -1.85. The molecule has 6 heteroatoms. The lowest BCUT2D eigenvalue weighted by Crippen LogP contribution is -2.32. The first-order valence-corrected chi connectivity index (χ1v) is 4.92. The Morgan fingerprint density at radius 1 is 1.44 bits per heavy atom. The van der Waals surface area contributed by atoms with Gasteiger partial charge in [0.1, 0.15) is 5.76 Å².